The predicted molar refractivity (Wildman–Crippen MR) is 134 cm³/mol. The molecule has 2 aromatic carbocycles. The van der Waals surface area contributed by atoms with Crippen LogP contribution in [-0.4, -0.2) is 56.5 Å². The monoisotopic (exact) mass is 484 g/mol. The number of urea groups is 1. The van der Waals surface area contributed by atoms with Crippen LogP contribution in [0.15, 0.2) is 59.8 Å². The minimum absolute atomic E-state index is 0.138. The molecule has 0 bridgehead atoms. The van der Waals surface area contributed by atoms with Gasteiger partial charge in [0.1, 0.15) is 12.4 Å². The number of hydrogen-bond acceptors (Lipinski definition) is 6. The summed E-state index contributed by atoms with van der Waals surface area (Å²) >= 11 is 5.44. The van der Waals surface area contributed by atoms with Gasteiger partial charge in [0.05, 0.1) is 25.3 Å². The molecule has 34 heavy (non-hydrogen) atoms. The number of ether oxygens (including phenoxy) is 3. The van der Waals surface area contributed by atoms with Crippen molar-refractivity contribution in [3.05, 3.63) is 65.4 Å². The summed E-state index contributed by atoms with van der Waals surface area (Å²) in [4.78, 5) is 27.2. The molecule has 2 aromatic rings. The van der Waals surface area contributed by atoms with E-state index in [2.05, 4.69) is 16.0 Å². The van der Waals surface area contributed by atoms with Crippen molar-refractivity contribution in [1.82, 2.24) is 10.2 Å². The van der Waals surface area contributed by atoms with Gasteiger partial charge in [0.25, 0.3) is 0 Å². The number of thiocarbonyl (C=S) groups is 1. The third kappa shape index (κ3) is 6.03. The number of carbonyl (C=O) groups excluding carboxylic acids is 2. The lowest BCUT2D eigenvalue weighted by atomic mass is 9.95. The Kier molecular flexibility index (Phi) is 8.44. The first-order chi connectivity index (χ1) is 16.3. The first kappa shape index (κ1) is 25.0. The molecule has 0 unspecified atom stereocenters. The van der Waals surface area contributed by atoms with Gasteiger partial charge >= 0.3 is 12.0 Å². The lowest BCUT2D eigenvalue weighted by Crippen LogP contribution is -2.46. The zero-order valence-corrected chi connectivity index (χ0v) is 20.3. The van der Waals surface area contributed by atoms with Crippen LogP contribution in [0.1, 0.15) is 18.5 Å². The summed E-state index contributed by atoms with van der Waals surface area (Å²) in [6.07, 6.45) is 0. The second-order valence-electron chi connectivity index (χ2n) is 7.51. The molecule has 1 heterocycles. The predicted octanol–water partition coefficient (Wildman–Crippen LogP) is 3.66. The van der Waals surface area contributed by atoms with Gasteiger partial charge in [-0.05, 0) is 49.0 Å². The fourth-order valence-corrected chi connectivity index (χ4v) is 3.69. The van der Waals surface area contributed by atoms with Gasteiger partial charge in [-0.3, -0.25) is 0 Å². The van der Waals surface area contributed by atoms with Crippen molar-refractivity contribution in [1.29, 1.82) is 0 Å². The highest BCUT2D eigenvalue weighted by molar-refractivity contribution is 7.80. The highest BCUT2D eigenvalue weighted by Crippen LogP contribution is 2.32. The molecule has 0 radical (unpaired) electrons. The quantitative estimate of drug-likeness (QED) is 0.297. The maximum absolute atomic E-state index is 12.9. The molecule has 3 rings (SSSR count). The molecule has 9 nitrogen and oxygen atoms in total. The van der Waals surface area contributed by atoms with Gasteiger partial charge in [-0.25, -0.2) is 9.59 Å². The Bertz CT molecular complexity index is 1100. The Labute approximate surface area is 204 Å². The molecule has 0 saturated carbocycles. The summed E-state index contributed by atoms with van der Waals surface area (Å²) in [5, 5.41) is 9.25. The van der Waals surface area contributed by atoms with Crippen molar-refractivity contribution >= 4 is 40.7 Å². The highest BCUT2D eigenvalue weighted by atomic mass is 32.1. The number of methoxy groups -OCH3 is 2. The first-order valence-electron chi connectivity index (χ1n) is 10.6. The Hall–Kier alpha value is -3.63. The van der Waals surface area contributed by atoms with Crippen LogP contribution in [-0.2, 0) is 14.3 Å². The van der Waals surface area contributed by atoms with E-state index in [9.17, 15) is 9.59 Å². The van der Waals surface area contributed by atoms with Crippen LogP contribution in [0, 0.1) is 0 Å². The van der Waals surface area contributed by atoms with E-state index in [0.717, 1.165) is 5.56 Å². The maximum atomic E-state index is 12.9. The summed E-state index contributed by atoms with van der Waals surface area (Å²) in [6, 6.07) is 13.3. The molecule has 0 saturated heterocycles. The topological polar surface area (TPSA) is 101 Å². The van der Waals surface area contributed by atoms with Crippen molar-refractivity contribution in [2.75, 3.05) is 45.1 Å². The Morgan fingerprint density at radius 2 is 1.74 bits per heavy atom. The molecule has 0 aromatic heterocycles. The molecule has 0 fully saturated rings. The van der Waals surface area contributed by atoms with Gasteiger partial charge in [-0.15, -0.1) is 0 Å². The summed E-state index contributed by atoms with van der Waals surface area (Å²) in [5.74, 6) is 0.173. The first-order valence-corrected chi connectivity index (χ1v) is 11.0. The van der Waals surface area contributed by atoms with Crippen molar-refractivity contribution in [3.8, 4) is 5.75 Å². The normalized spacial score (nSPS) is 15.5. The Morgan fingerprint density at radius 1 is 1.06 bits per heavy atom. The second kappa shape index (κ2) is 11.5. The molecular formula is C24H28N4O5S. The van der Waals surface area contributed by atoms with Crippen LogP contribution >= 0.6 is 12.2 Å². The Balaban J connectivity index is 1.81. The van der Waals surface area contributed by atoms with E-state index in [0.29, 0.717) is 40.1 Å². The molecule has 3 N–H and O–H groups in total. The molecule has 0 spiro atoms. The zero-order chi connectivity index (χ0) is 24.7. The van der Waals surface area contributed by atoms with Gasteiger partial charge in [0.2, 0.25) is 0 Å². The zero-order valence-electron chi connectivity index (χ0n) is 19.5. The van der Waals surface area contributed by atoms with Gasteiger partial charge in [0.15, 0.2) is 5.11 Å². The van der Waals surface area contributed by atoms with Crippen LogP contribution in [0.3, 0.4) is 0 Å². The summed E-state index contributed by atoms with van der Waals surface area (Å²) in [7, 11) is 4.88. The Morgan fingerprint density at radius 3 is 2.41 bits per heavy atom. The standard InChI is InChI=1S/C24H28N4O5S/c1-15-20(22(29)33-12-11-31-3)21(27-24(34)28(15)2)16-7-5-8-17(13-16)25-23(30)26-18-9-6-10-19(14-18)32-4/h5-10,13-14,21H,11-12H2,1-4H3,(H,27,34)(H2,25,26,30)/t21-/m0/s1. The van der Waals surface area contributed by atoms with Crippen molar-refractivity contribution < 1.29 is 23.8 Å². The van der Waals surface area contributed by atoms with Gasteiger partial charge in [-0.2, -0.15) is 0 Å². The van der Waals surface area contributed by atoms with E-state index in [4.69, 9.17) is 26.4 Å². The molecule has 10 heteroatoms. The lowest BCUT2D eigenvalue weighted by molar-refractivity contribution is -0.140. The van der Waals surface area contributed by atoms with E-state index in [1.165, 1.54) is 0 Å². The molecule has 1 atom stereocenters. The van der Waals surface area contributed by atoms with Gasteiger partial charge in [-0.1, -0.05) is 18.2 Å². The van der Waals surface area contributed by atoms with Crippen LogP contribution in [0.2, 0.25) is 0 Å². The number of esters is 1. The molecule has 2 amide bonds. The number of nitrogens with zero attached hydrogens (tertiary/aromatic N) is 1. The van der Waals surface area contributed by atoms with Crippen LogP contribution in [0.25, 0.3) is 0 Å². The van der Waals surface area contributed by atoms with Crippen LogP contribution < -0.4 is 20.7 Å². The molecular weight excluding hydrogens is 456 g/mol. The number of benzene rings is 2. The van der Waals surface area contributed by atoms with Crippen molar-refractivity contribution in [2.24, 2.45) is 0 Å². The summed E-state index contributed by atoms with van der Waals surface area (Å²) < 4.78 is 15.5. The van der Waals surface area contributed by atoms with E-state index in [-0.39, 0.29) is 6.61 Å². The average Bonchev–Trinajstić information content (AvgIpc) is 2.82. The maximum Gasteiger partial charge on any atom is 0.338 e. The molecule has 0 aliphatic carbocycles. The van der Waals surface area contributed by atoms with E-state index >= 15 is 0 Å². The number of anilines is 2. The third-order valence-electron chi connectivity index (χ3n) is 5.30. The minimum Gasteiger partial charge on any atom is -0.497 e. The van der Waals surface area contributed by atoms with Crippen molar-refractivity contribution in [3.63, 3.8) is 0 Å². The number of hydrogen-bond donors (Lipinski definition) is 3. The highest BCUT2D eigenvalue weighted by Gasteiger charge is 2.33. The lowest BCUT2D eigenvalue weighted by Gasteiger charge is -2.35. The largest absolute Gasteiger partial charge is 0.497 e. The fraction of sp³-hybridized carbons (Fsp3) is 0.292. The van der Waals surface area contributed by atoms with Crippen molar-refractivity contribution in [2.45, 2.75) is 13.0 Å². The van der Waals surface area contributed by atoms with E-state index in [1.807, 2.05) is 13.0 Å². The minimum atomic E-state index is -0.540. The summed E-state index contributed by atoms with van der Waals surface area (Å²) in [6.45, 7) is 2.25. The van der Waals surface area contributed by atoms with Crippen LogP contribution in [0.4, 0.5) is 16.2 Å². The van der Waals surface area contributed by atoms with Crippen LogP contribution in [0.5, 0.6) is 5.75 Å². The summed E-state index contributed by atoms with van der Waals surface area (Å²) in [5.41, 5.74) is 3.01. The van der Waals surface area contributed by atoms with E-state index in [1.54, 1.807) is 68.6 Å². The smallest absolute Gasteiger partial charge is 0.338 e. The second-order valence-corrected chi connectivity index (χ2v) is 7.89. The average molecular weight is 485 g/mol. The van der Waals surface area contributed by atoms with Gasteiger partial charge in [0, 0.05) is 37.3 Å². The third-order valence-corrected chi connectivity index (χ3v) is 5.69. The molecule has 1 aliphatic heterocycles. The number of allylic oxidation sites excluding steroid dienone is 1. The number of nitrogens with one attached hydrogen (secondary N) is 3. The number of carbonyl (C=O) groups is 2. The van der Waals surface area contributed by atoms with Gasteiger partial charge < -0.3 is 35.1 Å². The molecule has 1 aliphatic rings. The number of rotatable bonds is 8. The van der Waals surface area contributed by atoms with E-state index < -0.39 is 18.0 Å². The fourth-order valence-electron chi connectivity index (χ4n) is 3.44. The molecule has 180 valence electrons. The number of amides is 2. The SMILES string of the molecule is COCCOC(=O)C1=C(C)N(C)C(=S)N[C@H]1c1cccc(NC(=O)Nc2cccc(OC)c2)c1.